The van der Waals surface area contributed by atoms with E-state index in [1.807, 2.05) is 6.20 Å². The van der Waals surface area contributed by atoms with Gasteiger partial charge in [0.1, 0.15) is 0 Å². The summed E-state index contributed by atoms with van der Waals surface area (Å²) in [5.41, 5.74) is 8.31. The third-order valence-corrected chi connectivity index (χ3v) is 6.93. The second-order valence-corrected chi connectivity index (χ2v) is 9.45. The Bertz CT molecular complexity index is 1480. The van der Waals surface area contributed by atoms with E-state index < -0.39 is 0 Å². The van der Waals surface area contributed by atoms with Crippen molar-refractivity contribution in [3.05, 3.63) is 47.7 Å². The summed E-state index contributed by atoms with van der Waals surface area (Å²) >= 11 is 0. The lowest BCUT2D eigenvalue weighted by Gasteiger charge is -2.23. The van der Waals surface area contributed by atoms with Crippen LogP contribution in [0.4, 0.5) is 5.82 Å². The maximum atomic E-state index is 5.26. The Labute approximate surface area is 192 Å². The SMILES string of the molecule is CN(C)CCN(C)c1n[nH]c2ccc3nc(-c4ccc5[nH]ncc5c4)c4c(c3c12)CCCC4. The second kappa shape index (κ2) is 7.85. The number of rotatable bonds is 5. The lowest BCUT2D eigenvalue weighted by molar-refractivity contribution is 0.416. The molecule has 0 bridgehead atoms. The third-order valence-electron chi connectivity index (χ3n) is 6.93. The molecule has 6 rings (SSSR count). The monoisotopic (exact) mass is 439 g/mol. The van der Waals surface area contributed by atoms with Gasteiger partial charge in [0.25, 0.3) is 0 Å². The third kappa shape index (κ3) is 3.35. The van der Waals surface area contributed by atoms with Gasteiger partial charge in [-0.05, 0) is 75.2 Å². The fourth-order valence-corrected chi connectivity index (χ4v) is 5.18. The lowest BCUT2D eigenvalue weighted by atomic mass is 9.85. The summed E-state index contributed by atoms with van der Waals surface area (Å²) in [6, 6.07) is 10.8. The molecule has 7 heteroatoms. The average Bonchev–Trinajstić information content (AvgIpc) is 3.48. The summed E-state index contributed by atoms with van der Waals surface area (Å²) in [5, 5.41) is 18.8. The van der Waals surface area contributed by atoms with E-state index in [0.717, 1.165) is 59.4 Å². The number of likely N-dealkylation sites (N-methyl/N-ethyl adjacent to an activating group) is 2. The number of benzene rings is 2. The summed E-state index contributed by atoms with van der Waals surface area (Å²) in [6.45, 7) is 1.90. The number of fused-ring (bicyclic) bond motifs is 6. The van der Waals surface area contributed by atoms with Crippen LogP contribution in [0.3, 0.4) is 0 Å². The summed E-state index contributed by atoms with van der Waals surface area (Å²) < 4.78 is 0. The van der Waals surface area contributed by atoms with Crippen LogP contribution in [0.2, 0.25) is 0 Å². The summed E-state index contributed by atoms with van der Waals surface area (Å²) in [6.07, 6.45) is 6.46. The molecule has 7 nitrogen and oxygen atoms in total. The topological polar surface area (TPSA) is 76.7 Å². The fourth-order valence-electron chi connectivity index (χ4n) is 5.18. The Hall–Kier alpha value is -3.45. The fraction of sp³-hybridized carbons (Fsp3) is 0.346. The van der Waals surface area contributed by atoms with Gasteiger partial charge in [-0.1, -0.05) is 6.07 Å². The number of aromatic nitrogens is 5. The van der Waals surface area contributed by atoms with Gasteiger partial charge >= 0.3 is 0 Å². The molecular weight excluding hydrogens is 410 g/mol. The van der Waals surface area contributed by atoms with Gasteiger partial charge in [-0.15, -0.1) is 0 Å². The molecule has 5 aromatic rings. The van der Waals surface area contributed by atoms with E-state index in [-0.39, 0.29) is 0 Å². The van der Waals surface area contributed by atoms with E-state index in [4.69, 9.17) is 10.1 Å². The van der Waals surface area contributed by atoms with Crippen molar-refractivity contribution in [2.24, 2.45) is 0 Å². The molecule has 0 amide bonds. The van der Waals surface area contributed by atoms with Crippen molar-refractivity contribution >= 4 is 38.5 Å². The molecule has 3 heterocycles. The van der Waals surface area contributed by atoms with Gasteiger partial charge in [-0.3, -0.25) is 10.2 Å². The van der Waals surface area contributed by atoms with Crippen molar-refractivity contribution in [2.45, 2.75) is 25.7 Å². The predicted octanol–water partition coefficient (Wildman–Crippen LogP) is 4.53. The molecule has 0 spiro atoms. The van der Waals surface area contributed by atoms with Gasteiger partial charge in [-0.2, -0.15) is 10.2 Å². The minimum atomic E-state index is 0.918. The van der Waals surface area contributed by atoms with Crippen LogP contribution in [0.15, 0.2) is 36.5 Å². The molecule has 0 saturated carbocycles. The number of hydrogen-bond donors (Lipinski definition) is 2. The highest BCUT2D eigenvalue weighted by atomic mass is 15.3. The zero-order valence-corrected chi connectivity index (χ0v) is 19.4. The summed E-state index contributed by atoms with van der Waals surface area (Å²) in [5.74, 6) is 1.01. The van der Waals surface area contributed by atoms with E-state index in [1.165, 1.54) is 40.3 Å². The molecule has 0 aliphatic heterocycles. The van der Waals surface area contributed by atoms with E-state index in [0.29, 0.717) is 0 Å². The molecule has 0 atom stereocenters. The maximum absolute atomic E-state index is 5.26. The molecule has 2 aromatic carbocycles. The molecule has 0 saturated heterocycles. The molecular formula is C26H29N7. The number of anilines is 1. The molecule has 0 fully saturated rings. The number of nitrogens with one attached hydrogen (secondary N) is 2. The van der Waals surface area contributed by atoms with Gasteiger partial charge < -0.3 is 9.80 Å². The Balaban J connectivity index is 1.58. The normalized spacial score (nSPS) is 13.9. The van der Waals surface area contributed by atoms with Crippen molar-refractivity contribution < 1.29 is 0 Å². The number of H-pyrrole nitrogens is 2. The first-order chi connectivity index (χ1) is 16.1. The molecule has 168 valence electrons. The number of nitrogens with zero attached hydrogens (tertiary/aromatic N) is 5. The molecule has 0 unspecified atom stereocenters. The van der Waals surface area contributed by atoms with Crippen molar-refractivity contribution in [1.29, 1.82) is 0 Å². The maximum Gasteiger partial charge on any atom is 0.158 e. The smallest absolute Gasteiger partial charge is 0.158 e. The molecule has 0 radical (unpaired) electrons. The van der Waals surface area contributed by atoms with Gasteiger partial charge in [0.15, 0.2) is 5.82 Å². The molecule has 2 N–H and O–H groups in total. The minimum absolute atomic E-state index is 0.918. The number of aromatic amines is 2. The average molecular weight is 440 g/mol. The van der Waals surface area contributed by atoms with Crippen LogP contribution < -0.4 is 4.90 Å². The van der Waals surface area contributed by atoms with Crippen LogP contribution in [0, 0.1) is 0 Å². The highest BCUT2D eigenvalue weighted by molar-refractivity contribution is 6.13. The Morgan fingerprint density at radius 2 is 1.70 bits per heavy atom. The quantitative estimate of drug-likeness (QED) is 0.421. The van der Waals surface area contributed by atoms with E-state index in [9.17, 15) is 0 Å². The first-order valence-electron chi connectivity index (χ1n) is 11.7. The van der Waals surface area contributed by atoms with Crippen LogP contribution in [0.25, 0.3) is 44.0 Å². The van der Waals surface area contributed by atoms with Crippen LogP contribution in [-0.2, 0) is 12.8 Å². The highest BCUT2D eigenvalue weighted by Gasteiger charge is 2.23. The number of hydrogen-bond acceptors (Lipinski definition) is 5. The first-order valence-corrected chi connectivity index (χ1v) is 11.7. The molecule has 33 heavy (non-hydrogen) atoms. The standard InChI is InChI=1S/C26H29N7/c1-32(2)12-13-33(3)26-24-22(30-31-26)11-10-21-23(24)18-6-4-5-7-19(18)25(28-21)16-8-9-20-17(14-16)15-27-29-20/h8-11,14-15H,4-7,12-13H2,1-3H3,(H,27,29)(H,30,31). The molecule has 1 aliphatic rings. The number of aryl methyl sites for hydroxylation is 1. The second-order valence-electron chi connectivity index (χ2n) is 9.45. The van der Waals surface area contributed by atoms with Gasteiger partial charge in [0, 0.05) is 36.5 Å². The zero-order chi connectivity index (χ0) is 22.5. The van der Waals surface area contributed by atoms with Crippen molar-refractivity contribution in [3.63, 3.8) is 0 Å². The van der Waals surface area contributed by atoms with Crippen molar-refractivity contribution in [1.82, 2.24) is 30.3 Å². The van der Waals surface area contributed by atoms with Gasteiger partial charge in [0.2, 0.25) is 0 Å². The number of pyridine rings is 1. The van der Waals surface area contributed by atoms with Gasteiger partial charge in [0.05, 0.1) is 33.8 Å². The largest absolute Gasteiger partial charge is 0.356 e. The van der Waals surface area contributed by atoms with Crippen LogP contribution in [0.5, 0.6) is 0 Å². The summed E-state index contributed by atoms with van der Waals surface area (Å²) in [4.78, 5) is 9.72. The lowest BCUT2D eigenvalue weighted by Crippen LogP contribution is -2.28. The van der Waals surface area contributed by atoms with Crippen molar-refractivity contribution in [3.8, 4) is 11.3 Å². The van der Waals surface area contributed by atoms with E-state index >= 15 is 0 Å². The van der Waals surface area contributed by atoms with Gasteiger partial charge in [-0.25, -0.2) is 4.98 Å². The summed E-state index contributed by atoms with van der Waals surface area (Å²) in [7, 11) is 6.34. The Morgan fingerprint density at radius 1 is 0.879 bits per heavy atom. The Kier molecular flexibility index (Phi) is 4.80. The molecule has 1 aliphatic carbocycles. The minimum Gasteiger partial charge on any atom is -0.356 e. The van der Waals surface area contributed by atoms with Crippen molar-refractivity contribution in [2.75, 3.05) is 39.1 Å². The Morgan fingerprint density at radius 3 is 2.55 bits per heavy atom. The van der Waals surface area contributed by atoms with E-state index in [2.05, 4.69) is 76.6 Å². The highest BCUT2D eigenvalue weighted by Crippen LogP contribution is 2.40. The molecule has 3 aromatic heterocycles. The predicted molar refractivity (Wildman–Crippen MR) is 135 cm³/mol. The van der Waals surface area contributed by atoms with Crippen LogP contribution in [0.1, 0.15) is 24.0 Å². The van der Waals surface area contributed by atoms with Crippen LogP contribution >= 0.6 is 0 Å². The van der Waals surface area contributed by atoms with E-state index in [1.54, 1.807) is 0 Å². The zero-order valence-electron chi connectivity index (χ0n) is 19.4. The van der Waals surface area contributed by atoms with Crippen LogP contribution in [-0.4, -0.2) is 64.5 Å². The first kappa shape index (κ1) is 20.2.